The summed E-state index contributed by atoms with van der Waals surface area (Å²) >= 11 is 0. The van der Waals surface area contributed by atoms with Gasteiger partial charge in [0.05, 0.1) is 13.3 Å². The van der Waals surface area contributed by atoms with Crippen LogP contribution in [0.4, 0.5) is 5.69 Å². The first-order valence-corrected chi connectivity index (χ1v) is 8.53. The summed E-state index contributed by atoms with van der Waals surface area (Å²) in [5.74, 6) is 0.604. The molecular formula is C19H20N4O3. The predicted octanol–water partition coefficient (Wildman–Crippen LogP) is 2.55. The van der Waals surface area contributed by atoms with E-state index in [1.807, 2.05) is 30.5 Å². The fourth-order valence-electron chi connectivity index (χ4n) is 3.10. The minimum atomic E-state index is -0.428. The summed E-state index contributed by atoms with van der Waals surface area (Å²) < 4.78 is 10.9. The Balaban J connectivity index is 1.69. The van der Waals surface area contributed by atoms with Gasteiger partial charge in [0, 0.05) is 49.5 Å². The summed E-state index contributed by atoms with van der Waals surface area (Å²) in [6.07, 6.45) is 3.46. The summed E-state index contributed by atoms with van der Waals surface area (Å²) in [7, 11) is 1.36. The topological polar surface area (TPSA) is 79.5 Å². The van der Waals surface area contributed by atoms with Crippen LogP contribution in [0.15, 0.2) is 42.7 Å². The van der Waals surface area contributed by atoms with Crippen LogP contribution in [-0.2, 0) is 4.74 Å². The monoisotopic (exact) mass is 352 g/mol. The third-order valence-electron chi connectivity index (χ3n) is 4.46. The van der Waals surface area contributed by atoms with Crippen LogP contribution in [-0.4, -0.2) is 49.2 Å². The first-order valence-electron chi connectivity index (χ1n) is 8.53. The summed E-state index contributed by atoms with van der Waals surface area (Å²) in [4.78, 5) is 21.8. The molecule has 1 fully saturated rings. The summed E-state index contributed by atoms with van der Waals surface area (Å²) in [5.41, 5.74) is 2.20. The molecule has 0 aliphatic carbocycles. The van der Waals surface area contributed by atoms with Crippen LogP contribution < -0.4 is 15.0 Å². The molecule has 7 nitrogen and oxygen atoms in total. The molecule has 4 rings (SSSR count). The van der Waals surface area contributed by atoms with Crippen molar-refractivity contribution < 1.29 is 14.3 Å². The van der Waals surface area contributed by atoms with Gasteiger partial charge in [0.25, 0.3) is 0 Å². The number of hydrogen-bond donors (Lipinski definition) is 2. The minimum absolute atomic E-state index is 0.389. The number of anilines is 1. The lowest BCUT2D eigenvalue weighted by molar-refractivity contribution is 0.0598. The van der Waals surface area contributed by atoms with E-state index in [-0.39, 0.29) is 0 Å². The summed E-state index contributed by atoms with van der Waals surface area (Å²) in [6.45, 7) is 3.69. The largest absolute Gasteiger partial charge is 0.465 e. The number of methoxy groups -OCH3 is 1. The van der Waals surface area contributed by atoms with Gasteiger partial charge in [-0.3, -0.25) is 0 Å². The fraction of sp³-hybridized carbons (Fsp3) is 0.263. The molecule has 3 aromatic rings. The summed E-state index contributed by atoms with van der Waals surface area (Å²) in [6, 6.07) is 9.38. The van der Waals surface area contributed by atoms with E-state index >= 15 is 0 Å². The Morgan fingerprint density at radius 3 is 2.85 bits per heavy atom. The van der Waals surface area contributed by atoms with Crippen molar-refractivity contribution in [3.8, 4) is 11.5 Å². The zero-order valence-electron chi connectivity index (χ0n) is 14.5. The minimum Gasteiger partial charge on any atom is -0.465 e. The smallest absolute Gasteiger partial charge is 0.341 e. The van der Waals surface area contributed by atoms with Gasteiger partial charge in [-0.25, -0.2) is 9.78 Å². The lowest BCUT2D eigenvalue weighted by Gasteiger charge is -2.29. The average Bonchev–Trinajstić information content (AvgIpc) is 3.16. The molecule has 0 amide bonds. The molecular weight excluding hydrogens is 332 g/mol. The normalized spacial score (nSPS) is 14.4. The van der Waals surface area contributed by atoms with E-state index in [0.29, 0.717) is 17.1 Å². The summed E-state index contributed by atoms with van der Waals surface area (Å²) in [5, 5.41) is 4.28. The molecule has 1 aliphatic heterocycles. The maximum atomic E-state index is 12.1. The van der Waals surface area contributed by atoms with Gasteiger partial charge < -0.3 is 24.7 Å². The number of nitrogens with one attached hydrogen (secondary N) is 2. The number of rotatable bonds is 4. The average molecular weight is 352 g/mol. The zero-order valence-corrected chi connectivity index (χ0v) is 14.5. The molecule has 1 saturated heterocycles. The number of fused-ring (bicyclic) bond motifs is 1. The highest BCUT2D eigenvalue weighted by molar-refractivity contribution is 5.93. The lowest BCUT2D eigenvalue weighted by Crippen LogP contribution is -2.43. The Kier molecular flexibility index (Phi) is 4.45. The molecule has 134 valence electrons. The van der Waals surface area contributed by atoms with Crippen molar-refractivity contribution in [2.75, 3.05) is 38.2 Å². The van der Waals surface area contributed by atoms with Gasteiger partial charge in [-0.05, 0) is 24.3 Å². The van der Waals surface area contributed by atoms with Crippen molar-refractivity contribution in [1.29, 1.82) is 0 Å². The first kappa shape index (κ1) is 16.4. The van der Waals surface area contributed by atoms with Gasteiger partial charge in [-0.15, -0.1) is 0 Å². The molecule has 1 aromatic carbocycles. The second-order valence-electron chi connectivity index (χ2n) is 6.10. The molecule has 3 heterocycles. The molecule has 7 heteroatoms. The number of esters is 1. The van der Waals surface area contributed by atoms with E-state index < -0.39 is 5.97 Å². The van der Waals surface area contributed by atoms with Gasteiger partial charge in [-0.2, -0.15) is 0 Å². The molecule has 1 aliphatic rings. The van der Waals surface area contributed by atoms with E-state index in [0.717, 1.165) is 42.9 Å². The van der Waals surface area contributed by atoms with Crippen molar-refractivity contribution in [1.82, 2.24) is 15.3 Å². The Labute approximate surface area is 150 Å². The van der Waals surface area contributed by atoms with Crippen LogP contribution in [0, 0.1) is 0 Å². The number of aromatic nitrogens is 2. The highest BCUT2D eigenvalue weighted by Crippen LogP contribution is 2.31. The molecule has 0 atom stereocenters. The van der Waals surface area contributed by atoms with E-state index in [2.05, 4.69) is 20.2 Å². The number of carbonyl (C=O) groups excluding carboxylic acids is 1. The van der Waals surface area contributed by atoms with Crippen molar-refractivity contribution in [3.05, 3.63) is 48.3 Å². The Morgan fingerprint density at radius 1 is 1.19 bits per heavy atom. The molecule has 0 radical (unpaired) electrons. The molecule has 2 N–H and O–H groups in total. The van der Waals surface area contributed by atoms with Crippen LogP contribution in [0.1, 0.15) is 10.4 Å². The van der Waals surface area contributed by atoms with Gasteiger partial charge in [0.2, 0.25) is 0 Å². The molecule has 0 spiro atoms. The number of pyridine rings is 1. The highest BCUT2D eigenvalue weighted by Gasteiger charge is 2.18. The maximum absolute atomic E-state index is 12.1. The number of carbonyl (C=O) groups is 1. The Hall–Kier alpha value is -3.06. The predicted molar refractivity (Wildman–Crippen MR) is 99.0 cm³/mol. The van der Waals surface area contributed by atoms with Crippen LogP contribution in [0.25, 0.3) is 11.0 Å². The van der Waals surface area contributed by atoms with E-state index in [1.54, 1.807) is 12.3 Å². The molecule has 2 aromatic heterocycles. The number of aromatic amines is 1. The van der Waals surface area contributed by atoms with Crippen LogP contribution in [0.3, 0.4) is 0 Å². The van der Waals surface area contributed by atoms with E-state index in [9.17, 15) is 4.79 Å². The molecule has 26 heavy (non-hydrogen) atoms. The standard InChI is InChI=1S/C19H20N4O3/c1-25-19(24)16-3-2-14(23-8-6-20-7-9-23)11-17(16)26-15-10-13-4-5-21-18(13)22-12-15/h2-5,10-12,20H,6-9H2,1H3,(H,21,22). The van der Waals surface area contributed by atoms with Crippen molar-refractivity contribution >= 4 is 22.7 Å². The number of benzene rings is 1. The van der Waals surface area contributed by atoms with E-state index in [4.69, 9.17) is 9.47 Å². The number of hydrogen-bond acceptors (Lipinski definition) is 6. The van der Waals surface area contributed by atoms with Crippen LogP contribution in [0.2, 0.25) is 0 Å². The van der Waals surface area contributed by atoms with Crippen molar-refractivity contribution in [3.63, 3.8) is 0 Å². The molecule has 0 unspecified atom stereocenters. The van der Waals surface area contributed by atoms with E-state index in [1.165, 1.54) is 7.11 Å². The number of H-pyrrole nitrogens is 1. The molecule has 0 bridgehead atoms. The Bertz CT molecular complexity index is 931. The lowest BCUT2D eigenvalue weighted by atomic mass is 10.1. The number of nitrogens with zero attached hydrogens (tertiary/aromatic N) is 2. The van der Waals surface area contributed by atoms with Gasteiger partial charge in [0.1, 0.15) is 22.7 Å². The van der Waals surface area contributed by atoms with Crippen molar-refractivity contribution in [2.24, 2.45) is 0 Å². The first-order chi connectivity index (χ1) is 12.7. The van der Waals surface area contributed by atoms with Crippen LogP contribution in [0.5, 0.6) is 11.5 Å². The zero-order chi connectivity index (χ0) is 17.9. The number of piperazine rings is 1. The fourth-order valence-corrected chi connectivity index (χ4v) is 3.10. The van der Waals surface area contributed by atoms with Crippen LogP contribution >= 0.6 is 0 Å². The SMILES string of the molecule is COC(=O)c1ccc(N2CCNCC2)cc1Oc1cnc2[nH]ccc2c1. The highest BCUT2D eigenvalue weighted by atomic mass is 16.5. The quantitative estimate of drug-likeness (QED) is 0.703. The third kappa shape index (κ3) is 3.21. The Morgan fingerprint density at radius 2 is 2.04 bits per heavy atom. The van der Waals surface area contributed by atoms with Gasteiger partial charge in [0.15, 0.2) is 0 Å². The van der Waals surface area contributed by atoms with Crippen molar-refractivity contribution in [2.45, 2.75) is 0 Å². The third-order valence-corrected chi connectivity index (χ3v) is 4.46. The maximum Gasteiger partial charge on any atom is 0.341 e. The molecule has 0 saturated carbocycles. The van der Waals surface area contributed by atoms with Gasteiger partial charge in [-0.1, -0.05) is 0 Å². The van der Waals surface area contributed by atoms with Gasteiger partial charge >= 0.3 is 5.97 Å². The second-order valence-corrected chi connectivity index (χ2v) is 6.10. The number of ether oxygens (including phenoxy) is 2. The second kappa shape index (κ2) is 7.05.